The van der Waals surface area contributed by atoms with E-state index in [0.29, 0.717) is 23.5 Å². The van der Waals surface area contributed by atoms with Gasteiger partial charge in [0, 0.05) is 24.1 Å². The maximum atomic E-state index is 12.1. The summed E-state index contributed by atoms with van der Waals surface area (Å²) in [6.07, 6.45) is 0. The number of ether oxygens (including phenoxy) is 2. The number of alkyl halides is 1. The summed E-state index contributed by atoms with van der Waals surface area (Å²) in [6.45, 7) is 8.20. The summed E-state index contributed by atoms with van der Waals surface area (Å²) >= 11 is 5.78. The van der Waals surface area contributed by atoms with Crippen molar-refractivity contribution in [3.05, 3.63) is 129 Å². The Morgan fingerprint density at radius 3 is 1.78 bits per heavy atom. The molecule has 0 aliphatic heterocycles. The minimum atomic E-state index is -0.556. The summed E-state index contributed by atoms with van der Waals surface area (Å²) in [6, 6.07) is 26.4. The number of carbonyl (C=O) groups excluding carboxylic acids is 2. The largest absolute Gasteiger partial charge is 0.508 e. The van der Waals surface area contributed by atoms with Crippen molar-refractivity contribution in [2.24, 2.45) is 10.3 Å². The number of nitrogens with zero attached hydrogens (tertiary/aromatic N) is 2. The van der Waals surface area contributed by atoms with Crippen LogP contribution in [0.5, 0.6) is 11.5 Å². The molecule has 50 heavy (non-hydrogen) atoms. The molecular weight excluding hydrogens is 658 g/mol. The number of likely N-dealkylation sites (N-methyl/N-ethyl adjacent to an activating group) is 1. The molecule has 4 aromatic carbocycles. The van der Waals surface area contributed by atoms with E-state index in [0.717, 1.165) is 39.1 Å². The topological polar surface area (TPSA) is 128 Å². The van der Waals surface area contributed by atoms with Crippen molar-refractivity contribution in [3.8, 4) is 11.5 Å². The molecule has 4 aromatic rings. The number of benzene rings is 4. The van der Waals surface area contributed by atoms with Crippen LogP contribution in [0.15, 0.2) is 95.2 Å². The van der Waals surface area contributed by atoms with Crippen molar-refractivity contribution >= 4 is 34.9 Å². The van der Waals surface area contributed by atoms with Crippen molar-refractivity contribution in [3.63, 3.8) is 0 Å². The number of rotatable bonds is 10. The SMILES string of the molecule is C.CNC(=O)/C(=N/OC)c1ccccc1COc1cc(C)ccc1C.CO/N=C(/C(=O)OC)c1ccccc1CCl.Cc1ccc(C)c(O)c1. The smallest absolute Gasteiger partial charge is 0.360 e. The van der Waals surface area contributed by atoms with Crippen molar-refractivity contribution in [2.75, 3.05) is 28.4 Å². The standard InChI is InChI=1S/C19H22N2O3.C11H12ClNO3.C8H10O.CH4/c1-13-9-10-14(2)17(11-13)24-12-15-7-5-6-8-16(15)18(21-23-4)19(22)20-3;1-15-11(14)10(13-16-2)9-6-4-3-5-8(9)7-12;1-6-3-4-7(2)8(9)5-6;/h5-11H,12H2,1-4H3,(H,20,22);3-6H,7H2,1-2H3;3-5,9H,1-2H3;1H4/b21-18+;13-10+;;. The fraction of sp³-hybridized carbons (Fsp3) is 0.282. The number of hydrogen-bond donors (Lipinski definition) is 2. The molecule has 0 spiro atoms. The van der Waals surface area contributed by atoms with E-state index in [-0.39, 0.29) is 30.6 Å². The van der Waals surface area contributed by atoms with Gasteiger partial charge in [0.25, 0.3) is 5.91 Å². The van der Waals surface area contributed by atoms with Gasteiger partial charge >= 0.3 is 5.97 Å². The van der Waals surface area contributed by atoms with E-state index in [4.69, 9.17) is 26.3 Å². The zero-order valence-corrected chi connectivity index (χ0v) is 29.9. The number of aromatic hydroxyl groups is 1. The highest BCUT2D eigenvalue weighted by Crippen LogP contribution is 2.22. The Morgan fingerprint density at radius 2 is 1.26 bits per heavy atom. The highest BCUT2D eigenvalue weighted by molar-refractivity contribution is 6.45. The Bertz CT molecular complexity index is 1760. The Balaban J connectivity index is 0.000000413. The molecule has 0 radical (unpaired) electrons. The molecule has 0 atom stereocenters. The number of phenolic OH excluding ortho intramolecular Hbond substituents is 1. The molecule has 0 saturated heterocycles. The monoisotopic (exact) mass is 705 g/mol. The van der Waals surface area contributed by atoms with Gasteiger partial charge in [-0.05, 0) is 73.2 Å². The van der Waals surface area contributed by atoms with Gasteiger partial charge in [0.2, 0.25) is 0 Å². The van der Waals surface area contributed by atoms with Crippen molar-refractivity contribution in [2.45, 2.75) is 47.6 Å². The van der Waals surface area contributed by atoms with Crippen molar-refractivity contribution in [1.29, 1.82) is 0 Å². The maximum absolute atomic E-state index is 12.1. The number of halogens is 1. The lowest BCUT2D eigenvalue weighted by molar-refractivity contribution is -0.132. The molecular formula is C39H48ClN3O7. The number of oxime groups is 2. The number of nitrogens with one attached hydrogen (secondary N) is 1. The van der Waals surface area contributed by atoms with Gasteiger partial charge in [-0.15, -0.1) is 11.6 Å². The number of methoxy groups -OCH3 is 1. The van der Waals surface area contributed by atoms with Crippen LogP contribution >= 0.6 is 11.6 Å². The fourth-order valence-corrected chi connectivity index (χ4v) is 4.52. The van der Waals surface area contributed by atoms with Crippen LogP contribution < -0.4 is 10.1 Å². The summed E-state index contributed by atoms with van der Waals surface area (Å²) in [5.74, 6) is 0.635. The minimum Gasteiger partial charge on any atom is -0.508 e. The molecule has 0 unspecified atom stereocenters. The molecule has 268 valence electrons. The first kappa shape index (κ1) is 42.7. The lowest BCUT2D eigenvalue weighted by Crippen LogP contribution is -2.29. The Morgan fingerprint density at radius 1 is 0.740 bits per heavy atom. The first-order chi connectivity index (χ1) is 23.5. The highest BCUT2D eigenvalue weighted by atomic mass is 35.5. The molecule has 4 rings (SSSR count). The Labute approximate surface area is 300 Å². The second-order valence-electron chi connectivity index (χ2n) is 10.6. The quantitative estimate of drug-likeness (QED) is 0.0754. The number of hydrogen-bond acceptors (Lipinski definition) is 9. The van der Waals surface area contributed by atoms with Crippen LogP contribution in [0.4, 0.5) is 0 Å². The second kappa shape index (κ2) is 22.3. The molecule has 0 aliphatic carbocycles. The van der Waals surface area contributed by atoms with Gasteiger partial charge in [-0.1, -0.05) is 90.5 Å². The van der Waals surface area contributed by atoms with E-state index < -0.39 is 5.97 Å². The normalized spacial score (nSPS) is 10.6. The molecule has 0 fully saturated rings. The number of esters is 1. The summed E-state index contributed by atoms with van der Waals surface area (Å²) in [5.41, 5.74) is 7.52. The predicted octanol–water partition coefficient (Wildman–Crippen LogP) is 7.57. The van der Waals surface area contributed by atoms with Crippen LogP contribution in [-0.2, 0) is 36.5 Å². The number of phenols is 1. The third-order valence-corrected chi connectivity index (χ3v) is 7.25. The number of amides is 1. The summed E-state index contributed by atoms with van der Waals surface area (Å²) in [5, 5.41) is 19.2. The Hall–Kier alpha value is -5.35. The van der Waals surface area contributed by atoms with Gasteiger partial charge in [0.1, 0.15) is 32.3 Å². The molecule has 10 nitrogen and oxygen atoms in total. The van der Waals surface area contributed by atoms with Crippen LogP contribution in [0.1, 0.15) is 51.9 Å². The maximum Gasteiger partial charge on any atom is 0.360 e. The zero-order valence-electron chi connectivity index (χ0n) is 29.2. The van der Waals surface area contributed by atoms with Crippen LogP contribution in [-0.4, -0.2) is 56.8 Å². The van der Waals surface area contributed by atoms with Crippen molar-refractivity contribution in [1.82, 2.24) is 5.32 Å². The lowest BCUT2D eigenvalue weighted by Gasteiger charge is -2.13. The molecule has 0 aliphatic rings. The Kier molecular flexibility index (Phi) is 19.0. The molecule has 2 N–H and O–H groups in total. The van der Waals surface area contributed by atoms with E-state index in [1.165, 1.54) is 21.3 Å². The fourth-order valence-electron chi connectivity index (χ4n) is 4.29. The van der Waals surface area contributed by atoms with Crippen LogP contribution in [0.25, 0.3) is 0 Å². The van der Waals surface area contributed by atoms with E-state index in [1.807, 2.05) is 94.4 Å². The van der Waals surface area contributed by atoms with Crippen LogP contribution in [0, 0.1) is 27.7 Å². The molecule has 0 aromatic heterocycles. The second-order valence-corrected chi connectivity index (χ2v) is 10.9. The minimum absolute atomic E-state index is 0. The molecule has 0 bridgehead atoms. The third-order valence-electron chi connectivity index (χ3n) is 6.97. The van der Waals surface area contributed by atoms with E-state index >= 15 is 0 Å². The number of aryl methyl sites for hydroxylation is 4. The van der Waals surface area contributed by atoms with E-state index in [1.54, 1.807) is 25.2 Å². The summed E-state index contributed by atoms with van der Waals surface area (Å²) in [4.78, 5) is 33.0. The first-order valence-electron chi connectivity index (χ1n) is 15.2. The molecule has 0 heterocycles. The lowest BCUT2D eigenvalue weighted by atomic mass is 10.0. The van der Waals surface area contributed by atoms with Crippen molar-refractivity contribution < 1.29 is 33.8 Å². The average Bonchev–Trinajstić information content (AvgIpc) is 3.11. The zero-order chi connectivity index (χ0) is 36.3. The van der Waals surface area contributed by atoms with Gasteiger partial charge in [0.15, 0.2) is 11.4 Å². The molecule has 0 saturated carbocycles. The van der Waals surface area contributed by atoms with E-state index in [9.17, 15) is 9.59 Å². The van der Waals surface area contributed by atoms with Gasteiger partial charge in [-0.2, -0.15) is 0 Å². The van der Waals surface area contributed by atoms with E-state index in [2.05, 4.69) is 25.2 Å². The average molecular weight is 706 g/mol. The van der Waals surface area contributed by atoms with Gasteiger partial charge in [-0.3, -0.25) is 4.79 Å². The summed E-state index contributed by atoms with van der Waals surface area (Å²) < 4.78 is 10.6. The van der Waals surface area contributed by atoms with Crippen LogP contribution in [0.3, 0.4) is 0 Å². The third kappa shape index (κ3) is 12.9. The van der Waals surface area contributed by atoms with Gasteiger partial charge in [0.05, 0.1) is 7.11 Å². The van der Waals surface area contributed by atoms with Crippen LogP contribution in [0.2, 0.25) is 0 Å². The van der Waals surface area contributed by atoms with Gasteiger partial charge in [-0.25, -0.2) is 4.79 Å². The predicted molar refractivity (Wildman–Crippen MR) is 200 cm³/mol. The molecule has 11 heteroatoms. The first-order valence-corrected chi connectivity index (χ1v) is 15.8. The highest BCUT2D eigenvalue weighted by Gasteiger charge is 2.19. The van der Waals surface area contributed by atoms with Gasteiger partial charge < -0.3 is 29.6 Å². The molecule has 1 amide bonds. The number of carbonyl (C=O) groups is 2. The summed E-state index contributed by atoms with van der Waals surface area (Å²) in [7, 11) is 5.63.